The van der Waals surface area contributed by atoms with Gasteiger partial charge in [0.15, 0.2) is 0 Å². The Labute approximate surface area is 153 Å². The summed E-state index contributed by atoms with van der Waals surface area (Å²) >= 11 is 0. The van der Waals surface area contributed by atoms with Crippen molar-refractivity contribution in [2.24, 2.45) is 0 Å². The molecule has 138 valence electrons. The zero-order valence-corrected chi connectivity index (χ0v) is 14.2. The van der Waals surface area contributed by atoms with E-state index in [1.165, 1.54) is 4.57 Å². The molecule has 0 fully saturated rings. The fourth-order valence-corrected chi connectivity index (χ4v) is 2.87. The van der Waals surface area contributed by atoms with E-state index in [1.807, 2.05) is 0 Å². The summed E-state index contributed by atoms with van der Waals surface area (Å²) in [4.78, 5) is 36.0. The fourth-order valence-electron chi connectivity index (χ4n) is 2.87. The minimum Gasteiger partial charge on any atom is -0.506 e. The van der Waals surface area contributed by atoms with Crippen molar-refractivity contribution in [2.75, 3.05) is 12.3 Å². The van der Waals surface area contributed by atoms with Crippen LogP contribution < -0.4 is 16.6 Å². The number of nitrogens with two attached hydrogens (primary N) is 1. The summed E-state index contributed by atoms with van der Waals surface area (Å²) in [5.74, 6) is -2.70. The van der Waals surface area contributed by atoms with Crippen molar-refractivity contribution in [1.82, 2.24) is 9.88 Å². The van der Waals surface area contributed by atoms with Gasteiger partial charge >= 0.3 is 5.97 Å². The van der Waals surface area contributed by atoms with Gasteiger partial charge in [-0.05, 0) is 29.8 Å². The summed E-state index contributed by atoms with van der Waals surface area (Å²) in [6.07, 6.45) is 0. The normalized spacial score (nSPS) is 10.7. The van der Waals surface area contributed by atoms with Crippen LogP contribution in [-0.2, 0) is 11.3 Å². The van der Waals surface area contributed by atoms with E-state index in [0.29, 0.717) is 16.6 Å². The number of aliphatic carboxylic acids is 1. The first-order valence-electron chi connectivity index (χ1n) is 8.07. The highest BCUT2D eigenvalue weighted by molar-refractivity contribution is 6.03. The highest BCUT2D eigenvalue weighted by Gasteiger charge is 2.22. The Kier molecular flexibility index (Phi) is 4.80. The SMILES string of the molecule is Nc1cccc(Cn2c(=O)c(C(=O)NCC(=O)O)c(O)c3ccccc32)c1. The van der Waals surface area contributed by atoms with E-state index in [0.717, 1.165) is 5.56 Å². The first-order chi connectivity index (χ1) is 12.9. The average molecular weight is 367 g/mol. The largest absolute Gasteiger partial charge is 0.506 e. The van der Waals surface area contributed by atoms with Crippen molar-refractivity contribution in [3.05, 3.63) is 70.0 Å². The molecule has 0 bridgehead atoms. The Balaban J connectivity index is 2.18. The number of benzene rings is 2. The molecule has 2 aromatic carbocycles. The number of amides is 1. The van der Waals surface area contributed by atoms with Crippen LogP contribution in [0, 0.1) is 0 Å². The second-order valence-corrected chi connectivity index (χ2v) is 5.95. The minimum atomic E-state index is -1.26. The number of para-hydroxylation sites is 1. The lowest BCUT2D eigenvalue weighted by atomic mass is 10.1. The molecule has 0 spiro atoms. The molecule has 5 N–H and O–H groups in total. The van der Waals surface area contributed by atoms with Crippen LogP contribution in [0.4, 0.5) is 5.69 Å². The maximum absolute atomic E-state index is 12.9. The second-order valence-electron chi connectivity index (χ2n) is 5.95. The zero-order valence-electron chi connectivity index (χ0n) is 14.2. The number of hydrogen-bond donors (Lipinski definition) is 4. The van der Waals surface area contributed by atoms with Crippen LogP contribution in [0.25, 0.3) is 10.9 Å². The Morgan fingerprint density at radius 1 is 1.11 bits per heavy atom. The predicted octanol–water partition coefficient (Wildman–Crippen LogP) is 1.15. The first-order valence-corrected chi connectivity index (χ1v) is 8.07. The molecule has 0 aliphatic carbocycles. The highest BCUT2D eigenvalue weighted by Crippen LogP contribution is 2.26. The predicted molar refractivity (Wildman–Crippen MR) is 99.8 cm³/mol. The van der Waals surface area contributed by atoms with E-state index in [2.05, 4.69) is 5.32 Å². The Morgan fingerprint density at radius 2 is 1.85 bits per heavy atom. The smallest absolute Gasteiger partial charge is 0.322 e. The molecule has 0 radical (unpaired) electrons. The van der Waals surface area contributed by atoms with Crippen LogP contribution in [0.15, 0.2) is 53.3 Å². The third kappa shape index (κ3) is 3.59. The van der Waals surface area contributed by atoms with E-state index in [1.54, 1.807) is 48.5 Å². The number of rotatable bonds is 5. The minimum absolute atomic E-state index is 0.129. The van der Waals surface area contributed by atoms with Crippen molar-refractivity contribution in [2.45, 2.75) is 6.54 Å². The van der Waals surface area contributed by atoms with Crippen molar-refractivity contribution in [3.63, 3.8) is 0 Å². The van der Waals surface area contributed by atoms with Gasteiger partial charge in [0.2, 0.25) is 0 Å². The molecule has 8 heteroatoms. The molecule has 1 heterocycles. The van der Waals surface area contributed by atoms with Crippen molar-refractivity contribution in [3.8, 4) is 5.75 Å². The Bertz CT molecular complexity index is 1100. The van der Waals surface area contributed by atoms with Gasteiger partial charge in [-0.3, -0.25) is 14.4 Å². The molecule has 0 unspecified atom stereocenters. The number of aromatic nitrogens is 1. The molecule has 1 aromatic heterocycles. The van der Waals surface area contributed by atoms with Gasteiger partial charge in [-0.25, -0.2) is 0 Å². The van der Waals surface area contributed by atoms with E-state index in [4.69, 9.17) is 10.8 Å². The highest BCUT2D eigenvalue weighted by atomic mass is 16.4. The number of carbonyl (C=O) groups is 2. The van der Waals surface area contributed by atoms with Gasteiger partial charge in [-0.1, -0.05) is 24.3 Å². The number of carboxylic acid groups (broad SMARTS) is 1. The third-order valence-electron chi connectivity index (χ3n) is 4.06. The molecular weight excluding hydrogens is 350 g/mol. The van der Waals surface area contributed by atoms with Gasteiger partial charge < -0.3 is 25.8 Å². The summed E-state index contributed by atoms with van der Waals surface area (Å²) in [6, 6.07) is 13.6. The zero-order chi connectivity index (χ0) is 19.6. The number of carboxylic acids is 1. The molecular formula is C19H17N3O5. The summed E-state index contributed by atoms with van der Waals surface area (Å²) < 4.78 is 1.35. The lowest BCUT2D eigenvalue weighted by molar-refractivity contribution is -0.135. The van der Waals surface area contributed by atoms with Crippen LogP contribution in [0.5, 0.6) is 5.75 Å². The van der Waals surface area contributed by atoms with Gasteiger partial charge in [0, 0.05) is 11.1 Å². The molecule has 8 nitrogen and oxygen atoms in total. The monoisotopic (exact) mass is 367 g/mol. The van der Waals surface area contributed by atoms with Gasteiger partial charge in [0.25, 0.3) is 11.5 Å². The number of anilines is 1. The molecule has 3 rings (SSSR count). The number of fused-ring (bicyclic) bond motifs is 1. The average Bonchev–Trinajstić information content (AvgIpc) is 2.63. The number of pyridine rings is 1. The van der Waals surface area contributed by atoms with Crippen molar-refractivity contribution in [1.29, 1.82) is 0 Å². The van der Waals surface area contributed by atoms with Crippen LogP contribution in [0.1, 0.15) is 15.9 Å². The molecule has 27 heavy (non-hydrogen) atoms. The lowest BCUT2D eigenvalue weighted by Gasteiger charge is -2.15. The Morgan fingerprint density at radius 3 is 2.56 bits per heavy atom. The summed E-state index contributed by atoms with van der Waals surface area (Å²) in [5, 5.41) is 21.6. The first kappa shape index (κ1) is 18.0. The van der Waals surface area contributed by atoms with E-state index in [9.17, 15) is 19.5 Å². The number of nitrogen functional groups attached to an aromatic ring is 1. The van der Waals surface area contributed by atoms with E-state index in [-0.39, 0.29) is 6.54 Å². The van der Waals surface area contributed by atoms with Gasteiger partial charge in [0.05, 0.1) is 12.1 Å². The molecule has 1 amide bonds. The molecule has 0 saturated carbocycles. The van der Waals surface area contributed by atoms with Gasteiger partial charge in [0.1, 0.15) is 17.9 Å². The van der Waals surface area contributed by atoms with Gasteiger partial charge in [-0.15, -0.1) is 0 Å². The number of carbonyl (C=O) groups excluding carboxylic acids is 1. The standard InChI is InChI=1S/C19H17N3O5/c20-12-5-3-4-11(8-12)10-22-14-7-2-1-6-13(14)17(25)16(19(22)27)18(26)21-9-15(23)24/h1-8,25H,9-10,20H2,(H,21,26)(H,23,24). The van der Waals surface area contributed by atoms with Crippen LogP contribution in [-0.4, -0.2) is 33.2 Å². The molecule has 0 saturated heterocycles. The van der Waals surface area contributed by atoms with E-state index >= 15 is 0 Å². The van der Waals surface area contributed by atoms with Gasteiger partial charge in [-0.2, -0.15) is 0 Å². The second kappa shape index (κ2) is 7.20. The van der Waals surface area contributed by atoms with E-state index < -0.39 is 35.3 Å². The maximum Gasteiger partial charge on any atom is 0.322 e. The number of aromatic hydroxyl groups is 1. The topological polar surface area (TPSA) is 135 Å². The Hall–Kier alpha value is -3.81. The molecule has 0 atom stereocenters. The molecule has 0 aliphatic rings. The fraction of sp³-hybridized carbons (Fsp3) is 0.105. The maximum atomic E-state index is 12.9. The number of nitrogens with zero attached hydrogens (tertiary/aromatic N) is 1. The lowest BCUT2D eigenvalue weighted by Crippen LogP contribution is -2.36. The van der Waals surface area contributed by atoms with Crippen molar-refractivity contribution >= 4 is 28.5 Å². The summed E-state index contributed by atoms with van der Waals surface area (Å²) in [7, 11) is 0. The number of nitrogens with one attached hydrogen (secondary N) is 1. The van der Waals surface area contributed by atoms with Crippen molar-refractivity contribution < 1.29 is 19.8 Å². The molecule has 3 aromatic rings. The molecule has 0 aliphatic heterocycles. The third-order valence-corrected chi connectivity index (χ3v) is 4.06. The van der Waals surface area contributed by atoms with Crippen LogP contribution in [0.3, 0.4) is 0 Å². The quantitative estimate of drug-likeness (QED) is 0.500. The summed E-state index contributed by atoms with van der Waals surface area (Å²) in [6.45, 7) is -0.538. The van der Waals surface area contributed by atoms with Crippen LogP contribution >= 0.6 is 0 Å². The van der Waals surface area contributed by atoms with Crippen LogP contribution in [0.2, 0.25) is 0 Å². The summed E-state index contributed by atoms with van der Waals surface area (Å²) in [5.41, 5.74) is 6.27. The number of hydrogen-bond acceptors (Lipinski definition) is 5.